The number of rotatable bonds is 4. The highest BCUT2D eigenvalue weighted by molar-refractivity contribution is 5.94. The van der Waals surface area contributed by atoms with Gasteiger partial charge in [0.2, 0.25) is 0 Å². The lowest BCUT2D eigenvalue weighted by Gasteiger charge is -2.25. The van der Waals surface area contributed by atoms with Crippen LogP contribution in [-0.4, -0.2) is 24.5 Å². The number of Topliss-reactive ketones (excluding diaryl/α,β-unsaturated/α-hetero) is 1. The Hall–Kier alpha value is -1.84. The van der Waals surface area contributed by atoms with E-state index in [2.05, 4.69) is 20.8 Å². The van der Waals surface area contributed by atoms with Gasteiger partial charge < -0.3 is 9.47 Å². The van der Waals surface area contributed by atoms with E-state index in [1.807, 2.05) is 12.1 Å². The molecule has 0 radical (unpaired) electrons. The Balaban J connectivity index is 0.000000593. The molecule has 1 aromatic rings. The highest BCUT2D eigenvalue weighted by Crippen LogP contribution is 2.29. The van der Waals surface area contributed by atoms with E-state index in [0.29, 0.717) is 12.2 Å². The van der Waals surface area contributed by atoms with Gasteiger partial charge in [0, 0.05) is 5.56 Å². The second-order valence-corrected chi connectivity index (χ2v) is 6.40. The zero-order valence-electron chi connectivity index (χ0n) is 14.8. The van der Waals surface area contributed by atoms with Gasteiger partial charge in [-0.1, -0.05) is 20.8 Å². The summed E-state index contributed by atoms with van der Waals surface area (Å²) in [6, 6.07) is 5.44. The number of hydrogen-bond acceptors (Lipinski definition) is 4. The largest absolute Gasteiger partial charge is 0.490 e. The summed E-state index contributed by atoms with van der Waals surface area (Å²) in [7, 11) is 0. The molecule has 1 unspecified atom stereocenters. The number of benzene rings is 1. The summed E-state index contributed by atoms with van der Waals surface area (Å²) in [5, 5.41) is 0. The zero-order valence-corrected chi connectivity index (χ0v) is 14.8. The third-order valence-corrected chi connectivity index (χ3v) is 3.20. The minimum atomic E-state index is -0.226. The molecular formula is C19H28O4. The van der Waals surface area contributed by atoms with Gasteiger partial charge >= 0.3 is 5.97 Å². The van der Waals surface area contributed by atoms with Gasteiger partial charge in [0.1, 0.15) is 11.9 Å². The van der Waals surface area contributed by atoms with Crippen molar-refractivity contribution in [3.8, 4) is 5.75 Å². The van der Waals surface area contributed by atoms with Crippen molar-refractivity contribution in [3.63, 3.8) is 0 Å². The van der Waals surface area contributed by atoms with Gasteiger partial charge in [0.15, 0.2) is 5.78 Å². The molecule has 0 aromatic heterocycles. The van der Waals surface area contributed by atoms with Crippen molar-refractivity contribution in [1.29, 1.82) is 0 Å². The monoisotopic (exact) mass is 320 g/mol. The molecular weight excluding hydrogens is 292 g/mol. The molecule has 0 amide bonds. The molecule has 1 aliphatic rings. The van der Waals surface area contributed by atoms with Crippen LogP contribution in [0.2, 0.25) is 0 Å². The van der Waals surface area contributed by atoms with E-state index in [1.165, 1.54) is 0 Å². The zero-order chi connectivity index (χ0) is 17.4. The Morgan fingerprint density at radius 2 is 1.96 bits per heavy atom. The fourth-order valence-corrected chi connectivity index (χ4v) is 2.21. The first kappa shape index (κ1) is 19.2. The minimum absolute atomic E-state index is 0.0523. The topological polar surface area (TPSA) is 52.6 Å². The van der Waals surface area contributed by atoms with Crippen molar-refractivity contribution in [2.45, 2.75) is 60.0 Å². The Morgan fingerprint density at radius 3 is 2.52 bits per heavy atom. The molecule has 1 heterocycles. The molecule has 0 spiro atoms. The Kier molecular flexibility index (Phi) is 7.79. The van der Waals surface area contributed by atoms with E-state index in [4.69, 9.17) is 9.47 Å². The van der Waals surface area contributed by atoms with Gasteiger partial charge in [-0.25, -0.2) is 0 Å². The predicted molar refractivity (Wildman–Crippen MR) is 90.9 cm³/mol. The summed E-state index contributed by atoms with van der Waals surface area (Å²) < 4.78 is 10.7. The van der Waals surface area contributed by atoms with E-state index in [-0.39, 0.29) is 24.3 Å². The second kappa shape index (κ2) is 9.33. The van der Waals surface area contributed by atoms with E-state index in [0.717, 1.165) is 30.1 Å². The maximum atomic E-state index is 11.4. The van der Waals surface area contributed by atoms with Gasteiger partial charge in [-0.3, -0.25) is 9.59 Å². The summed E-state index contributed by atoms with van der Waals surface area (Å²) in [5.74, 6) is 1.43. The average Bonchev–Trinajstić information content (AvgIpc) is 2.46. The van der Waals surface area contributed by atoms with Gasteiger partial charge in [0.25, 0.3) is 0 Å². The third-order valence-electron chi connectivity index (χ3n) is 3.20. The SMILES string of the molecule is CC(C)C.CCOC(=O)CC1CCc2cc(C(C)=O)ccc2O1. The van der Waals surface area contributed by atoms with Crippen LogP contribution in [0.3, 0.4) is 0 Å². The first-order valence-electron chi connectivity index (χ1n) is 8.29. The van der Waals surface area contributed by atoms with Gasteiger partial charge in [0.05, 0.1) is 13.0 Å². The van der Waals surface area contributed by atoms with Crippen molar-refractivity contribution in [3.05, 3.63) is 29.3 Å². The number of ketones is 1. The summed E-state index contributed by atoms with van der Waals surface area (Å²) in [6.45, 7) is 10.2. The Labute approximate surface area is 139 Å². The molecule has 0 N–H and O–H groups in total. The fourth-order valence-electron chi connectivity index (χ4n) is 2.21. The number of esters is 1. The molecule has 4 nitrogen and oxygen atoms in total. The fraction of sp³-hybridized carbons (Fsp3) is 0.579. The quantitative estimate of drug-likeness (QED) is 0.616. The van der Waals surface area contributed by atoms with Crippen LogP contribution >= 0.6 is 0 Å². The standard InChI is InChI=1S/C15H18O4.C4H10/c1-3-18-15(17)9-13-6-4-12-8-11(10(2)16)5-7-14(12)19-13;1-4(2)3/h5,7-8,13H,3-4,6,9H2,1-2H3;4H,1-3H3. The van der Waals surface area contributed by atoms with Crippen molar-refractivity contribution in [2.24, 2.45) is 5.92 Å². The number of fused-ring (bicyclic) bond motifs is 1. The van der Waals surface area contributed by atoms with E-state index < -0.39 is 0 Å². The Morgan fingerprint density at radius 1 is 1.30 bits per heavy atom. The number of carbonyl (C=O) groups excluding carboxylic acids is 2. The normalized spacial score (nSPS) is 15.8. The maximum absolute atomic E-state index is 11.4. The van der Waals surface area contributed by atoms with Crippen molar-refractivity contribution in [2.75, 3.05) is 6.61 Å². The second-order valence-electron chi connectivity index (χ2n) is 6.40. The summed E-state index contributed by atoms with van der Waals surface area (Å²) >= 11 is 0. The lowest BCUT2D eigenvalue weighted by atomic mass is 9.98. The summed E-state index contributed by atoms with van der Waals surface area (Å²) in [5.41, 5.74) is 1.74. The molecule has 0 aliphatic carbocycles. The molecule has 0 bridgehead atoms. The molecule has 0 fully saturated rings. The number of carbonyl (C=O) groups is 2. The van der Waals surface area contributed by atoms with Crippen molar-refractivity contribution >= 4 is 11.8 Å². The maximum Gasteiger partial charge on any atom is 0.309 e. The van der Waals surface area contributed by atoms with Gasteiger partial charge in [-0.2, -0.15) is 0 Å². The number of hydrogen-bond donors (Lipinski definition) is 0. The molecule has 1 atom stereocenters. The van der Waals surface area contributed by atoms with Crippen LogP contribution in [0.15, 0.2) is 18.2 Å². The highest BCUT2D eigenvalue weighted by atomic mass is 16.5. The van der Waals surface area contributed by atoms with Crippen molar-refractivity contribution < 1.29 is 19.1 Å². The van der Waals surface area contributed by atoms with Crippen LogP contribution in [0, 0.1) is 5.92 Å². The van der Waals surface area contributed by atoms with Crippen LogP contribution in [0.4, 0.5) is 0 Å². The molecule has 4 heteroatoms. The first-order chi connectivity index (χ1) is 10.8. The lowest BCUT2D eigenvalue weighted by molar-refractivity contribution is -0.145. The highest BCUT2D eigenvalue weighted by Gasteiger charge is 2.23. The lowest BCUT2D eigenvalue weighted by Crippen LogP contribution is -2.26. The molecule has 0 saturated carbocycles. The predicted octanol–water partition coefficient (Wildman–Crippen LogP) is 4.20. The molecule has 1 aliphatic heterocycles. The van der Waals surface area contributed by atoms with Crippen molar-refractivity contribution in [1.82, 2.24) is 0 Å². The average molecular weight is 320 g/mol. The molecule has 2 rings (SSSR count). The smallest absolute Gasteiger partial charge is 0.309 e. The first-order valence-corrected chi connectivity index (χ1v) is 8.29. The number of aryl methyl sites for hydroxylation is 1. The molecule has 1 aromatic carbocycles. The molecule has 0 saturated heterocycles. The Bertz CT molecular complexity index is 531. The summed E-state index contributed by atoms with van der Waals surface area (Å²) in [6.07, 6.45) is 1.74. The van der Waals surface area contributed by atoms with Crippen LogP contribution in [0.5, 0.6) is 5.75 Å². The van der Waals surface area contributed by atoms with Crippen LogP contribution in [-0.2, 0) is 16.0 Å². The minimum Gasteiger partial charge on any atom is -0.490 e. The molecule has 128 valence electrons. The van der Waals surface area contributed by atoms with Gasteiger partial charge in [-0.15, -0.1) is 0 Å². The number of ether oxygens (including phenoxy) is 2. The summed E-state index contributed by atoms with van der Waals surface area (Å²) in [4.78, 5) is 22.7. The van der Waals surface area contributed by atoms with Crippen LogP contribution in [0.25, 0.3) is 0 Å². The van der Waals surface area contributed by atoms with Gasteiger partial charge in [-0.05, 0) is 56.4 Å². The molecule has 23 heavy (non-hydrogen) atoms. The van der Waals surface area contributed by atoms with Crippen LogP contribution < -0.4 is 4.74 Å². The van der Waals surface area contributed by atoms with Crippen LogP contribution in [0.1, 0.15) is 63.4 Å². The van der Waals surface area contributed by atoms with E-state index in [1.54, 1.807) is 19.9 Å². The van der Waals surface area contributed by atoms with E-state index in [9.17, 15) is 9.59 Å². The third kappa shape index (κ3) is 6.85. The van der Waals surface area contributed by atoms with E-state index >= 15 is 0 Å².